The summed E-state index contributed by atoms with van der Waals surface area (Å²) < 4.78 is 2.14. The van der Waals surface area contributed by atoms with Crippen LogP contribution in [0.2, 0.25) is 0 Å². The van der Waals surface area contributed by atoms with Gasteiger partial charge in [0.1, 0.15) is 12.4 Å². The molecule has 3 fully saturated rings. The van der Waals surface area contributed by atoms with Crippen molar-refractivity contribution in [2.24, 2.45) is 0 Å². The van der Waals surface area contributed by atoms with Crippen LogP contribution in [0.5, 0.6) is 0 Å². The maximum atomic E-state index is 14.2. The number of hydrogen-bond acceptors (Lipinski definition) is 3. The van der Waals surface area contributed by atoms with E-state index >= 15 is 0 Å². The fourth-order valence-corrected chi connectivity index (χ4v) is 7.43. The molecule has 0 radical (unpaired) electrons. The average molecular weight is 527 g/mol. The number of imidazole rings is 1. The number of nitrogens with zero attached hydrogens (tertiary/aromatic N) is 4. The monoisotopic (exact) mass is 526 g/mol. The molecule has 2 heterocycles. The quantitative estimate of drug-likeness (QED) is 0.361. The van der Waals surface area contributed by atoms with Gasteiger partial charge in [-0.2, -0.15) is 0 Å². The Balaban J connectivity index is 1.31. The lowest BCUT2D eigenvalue weighted by atomic mass is 9.88. The molecule has 6 rings (SSSR count). The summed E-state index contributed by atoms with van der Waals surface area (Å²) in [5.74, 6) is 1.19. The van der Waals surface area contributed by atoms with E-state index in [1.807, 2.05) is 23.1 Å². The van der Waals surface area contributed by atoms with Gasteiger partial charge in [-0.25, -0.2) is 4.98 Å². The van der Waals surface area contributed by atoms with E-state index in [9.17, 15) is 9.59 Å². The first kappa shape index (κ1) is 26.1. The third-order valence-corrected chi connectivity index (χ3v) is 9.33. The van der Waals surface area contributed by atoms with Crippen LogP contribution in [0.3, 0.4) is 0 Å². The van der Waals surface area contributed by atoms with Gasteiger partial charge in [-0.1, -0.05) is 68.4 Å². The minimum absolute atomic E-state index is 0.0452. The van der Waals surface area contributed by atoms with E-state index in [0.717, 1.165) is 53.8 Å². The molecule has 3 aliphatic rings. The zero-order chi connectivity index (χ0) is 26.9. The number of rotatable bonds is 6. The van der Waals surface area contributed by atoms with Crippen molar-refractivity contribution in [3.8, 4) is 0 Å². The third-order valence-electron chi connectivity index (χ3n) is 9.33. The molecular weight excluding hydrogens is 484 g/mol. The maximum absolute atomic E-state index is 14.2. The molecule has 0 spiro atoms. The summed E-state index contributed by atoms with van der Waals surface area (Å²) in [7, 11) is 0. The van der Waals surface area contributed by atoms with Crippen LogP contribution in [0.25, 0.3) is 11.0 Å². The van der Waals surface area contributed by atoms with E-state index in [4.69, 9.17) is 4.98 Å². The SMILES string of the molecule is Cc1ccc(N2CC(c3nc4ccccc4n3CC(=O)N(C3CCCCC3)C3CCCCC3)CC2=O)c(C)c1. The van der Waals surface area contributed by atoms with E-state index in [1.165, 1.54) is 44.1 Å². The summed E-state index contributed by atoms with van der Waals surface area (Å²) in [6.45, 7) is 5.04. The number of para-hydroxylation sites is 2. The number of aryl methyl sites for hydroxylation is 2. The molecule has 0 N–H and O–H groups in total. The Morgan fingerprint density at radius 3 is 2.26 bits per heavy atom. The number of hydrogen-bond donors (Lipinski definition) is 0. The van der Waals surface area contributed by atoms with E-state index in [1.54, 1.807) is 0 Å². The summed E-state index contributed by atoms with van der Waals surface area (Å²) in [6.07, 6.45) is 12.4. The van der Waals surface area contributed by atoms with Crippen molar-refractivity contribution in [2.45, 2.75) is 109 Å². The van der Waals surface area contributed by atoms with Crippen molar-refractivity contribution in [2.75, 3.05) is 11.4 Å². The Labute approximate surface area is 232 Å². The van der Waals surface area contributed by atoms with Crippen molar-refractivity contribution in [3.05, 3.63) is 59.4 Å². The Morgan fingerprint density at radius 1 is 0.923 bits per heavy atom. The zero-order valence-corrected chi connectivity index (χ0v) is 23.6. The molecule has 2 aliphatic carbocycles. The van der Waals surface area contributed by atoms with Crippen molar-refractivity contribution in [3.63, 3.8) is 0 Å². The van der Waals surface area contributed by atoms with E-state index in [-0.39, 0.29) is 17.7 Å². The third kappa shape index (κ3) is 5.22. The van der Waals surface area contributed by atoms with Crippen LogP contribution < -0.4 is 4.90 Å². The average Bonchev–Trinajstić information content (AvgIpc) is 3.50. The molecule has 6 heteroatoms. The van der Waals surface area contributed by atoms with E-state index < -0.39 is 0 Å². The fourth-order valence-electron chi connectivity index (χ4n) is 7.43. The molecule has 1 aliphatic heterocycles. The molecule has 1 saturated heterocycles. The smallest absolute Gasteiger partial charge is 0.243 e. The molecule has 1 aromatic heterocycles. The molecule has 39 heavy (non-hydrogen) atoms. The first-order valence-corrected chi connectivity index (χ1v) is 15.1. The molecule has 6 nitrogen and oxygen atoms in total. The highest BCUT2D eigenvalue weighted by Gasteiger charge is 2.37. The second-order valence-corrected chi connectivity index (χ2v) is 12.1. The van der Waals surface area contributed by atoms with Crippen LogP contribution >= 0.6 is 0 Å². The minimum Gasteiger partial charge on any atom is -0.335 e. The summed E-state index contributed by atoms with van der Waals surface area (Å²) in [4.78, 5) is 36.8. The first-order valence-electron chi connectivity index (χ1n) is 15.1. The largest absolute Gasteiger partial charge is 0.335 e. The summed E-state index contributed by atoms with van der Waals surface area (Å²) in [6, 6.07) is 15.1. The number of benzene rings is 2. The predicted molar refractivity (Wildman–Crippen MR) is 156 cm³/mol. The van der Waals surface area contributed by atoms with Crippen LogP contribution in [0.1, 0.15) is 93.5 Å². The number of anilines is 1. The number of fused-ring (bicyclic) bond motifs is 1. The lowest BCUT2D eigenvalue weighted by Gasteiger charge is -2.42. The molecule has 206 valence electrons. The van der Waals surface area contributed by atoms with Gasteiger partial charge in [0.25, 0.3) is 0 Å². The van der Waals surface area contributed by atoms with Crippen LogP contribution in [-0.4, -0.2) is 44.9 Å². The topological polar surface area (TPSA) is 58.4 Å². The van der Waals surface area contributed by atoms with Gasteiger partial charge in [0.15, 0.2) is 0 Å². The van der Waals surface area contributed by atoms with Gasteiger partial charge in [0, 0.05) is 36.7 Å². The molecule has 2 saturated carbocycles. The molecular formula is C33H42N4O2. The highest BCUT2D eigenvalue weighted by molar-refractivity contribution is 5.97. The Morgan fingerprint density at radius 2 is 1.59 bits per heavy atom. The number of carbonyl (C=O) groups excluding carboxylic acids is 2. The lowest BCUT2D eigenvalue weighted by molar-refractivity contribution is -0.138. The summed E-state index contributed by atoms with van der Waals surface area (Å²) in [5.41, 5.74) is 5.18. The molecule has 2 amide bonds. The fraction of sp³-hybridized carbons (Fsp3) is 0.545. The minimum atomic E-state index is -0.0452. The number of amides is 2. The van der Waals surface area contributed by atoms with Crippen LogP contribution in [-0.2, 0) is 16.1 Å². The number of carbonyl (C=O) groups is 2. The second-order valence-electron chi connectivity index (χ2n) is 12.1. The normalized spacial score (nSPS) is 21.1. The van der Waals surface area contributed by atoms with Gasteiger partial charge < -0.3 is 14.4 Å². The van der Waals surface area contributed by atoms with Gasteiger partial charge in [-0.3, -0.25) is 9.59 Å². The summed E-state index contributed by atoms with van der Waals surface area (Å²) >= 11 is 0. The van der Waals surface area contributed by atoms with Gasteiger partial charge in [-0.15, -0.1) is 0 Å². The van der Waals surface area contributed by atoms with Gasteiger partial charge in [-0.05, 0) is 63.3 Å². The first-order chi connectivity index (χ1) is 19.0. The van der Waals surface area contributed by atoms with Crippen molar-refractivity contribution < 1.29 is 9.59 Å². The van der Waals surface area contributed by atoms with Crippen molar-refractivity contribution in [1.29, 1.82) is 0 Å². The van der Waals surface area contributed by atoms with E-state index in [0.29, 0.717) is 31.6 Å². The van der Waals surface area contributed by atoms with Crippen LogP contribution in [0.15, 0.2) is 42.5 Å². The molecule has 0 bridgehead atoms. The lowest BCUT2D eigenvalue weighted by Crippen LogP contribution is -2.50. The van der Waals surface area contributed by atoms with Gasteiger partial charge in [0.05, 0.1) is 11.0 Å². The standard InChI is InChI=1S/C33H42N4O2/c1-23-17-18-29(24(2)19-23)35-21-25(20-31(35)38)33-34-28-15-9-10-16-30(28)36(33)22-32(39)37(26-11-5-3-6-12-26)27-13-7-4-8-14-27/h9-10,15-19,25-27H,3-8,11-14,20-22H2,1-2H3. The van der Waals surface area contributed by atoms with Crippen LogP contribution in [0.4, 0.5) is 5.69 Å². The molecule has 1 atom stereocenters. The Bertz CT molecular complexity index is 1330. The molecule has 1 unspecified atom stereocenters. The highest BCUT2D eigenvalue weighted by Crippen LogP contribution is 2.36. The van der Waals surface area contributed by atoms with Gasteiger partial charge >= 0.3 is 0 Å². The maximum Gasteiger partial charge on any atom is 0.243 e. The van der Waals surface area contributed by atoms with E-state index in [2.05, 4.69) is 47.6 Å². The second kappa shape index (κ2) is 11.1. The zero-order valence-electron chi connectivity index (χ0n) is 23.6. The predicted octanol–water partition coefficient (Wildman–Crippen LogP) is 6.67. The summed E-state index contributed by atoms with van der Waals surface area (Å²) in [5, 5.41) is 0. The highest BCUT2D eigenvalue weighted by atomic mass is 16.2. The Hall–Kier alpha value is -3.15. The van der Waals surface area contributed by atoms with Crippen LogP contribution in [0, 0.1) is 13.8 Å². The Kier molecular flexibility index (Phi) is 7.46. The molecule has 2 aromatic carbocycles. The van der Waals surface area contributed by atoms with Crippen molar-refractivity contribution in [1.82, 2.24) is 14.5 Å². The van der Waals surface area contributed by atoms with Crippen molar-refractivity contribution >= 4 is 28.5 Å². The molecule has 3 aromatic rings. The van der Waals surface area contributed by atoms with Gasteiger partial charge in [0.2, 0.25) is 11.8 Å². The number of aromatic nitrogens is 2.